The number of hydrogen-bond acceptors (Lipinski definition) is 3. The number of hydrogen-bond donors (Lipinski definition) is 1. The van der Waals surface area contributed by atoms with Crippen LogP contribution in [0.4, 0.5) is 5.69 Å². The second-order valence-corrected chi connectivity index (χ2v) is 6.65. The van der Waals surface area contributed by atoms with Crippen molar-refractivity contribution >= 4 is 28.4 Å². The molecule has 4 rings (SSSR count). The Kier molecular flexibility index (Phi) is 4.32. The zero-order valence-electron chi connectivity index (χ0n) is 15.4. The van der Waals surface area contributed by atoms with E-state index in [9.17, 15) is 9.59 Å². The predicted octanol–water partition coefficient (Wildman–Crippen LogP) is 2.95. The van der Waals surface area contributed by atoms with Crippen molar-refractivity contribution in [3.8, 4) is 5.75 Å². The van der Waals surface area contributed by atoms with Crippen molar-refractivity contribution in [3.05, 3.63) is 59.8 Å². The summed E-state index contributed by atoms with van der Waals surface area (Å²) >= 11 is 0. The van der Waals surface area contributed by atoms with Gasteiger partial charge in [-0.25, -0.2) is 0 Å². The zero-order chi connectivity index (χ0) is 19.0. The van der Waals surface area contributed by atoms with Gasteiger partial charge < -0.3 is 19.5 Å². The number of rotatable bonds is 5. The van der Waals surface area contributed by atoms with Crippen molar-refractivity contribution in [2.24, 2.45) is 0 Å². The number of nitrogens with zero attached hydrogens (tertiary/aromatic N) is 2. The third-order valence-corrected chi connectivity index (χ3v) is 4.92. The Bertz CT molecular complexity index is 1040. The average Bonchev–Trinajstić information content (AvgIpc) is 3.22. The van der Waals surface area contributed by atoms with Gasteiger partial charge in [0.2, 0.25) is 5.91 Å². The highest BCUT2D eigenvalue weighted by atomic mass is 16.5. The van der Waals surface area contributed by atoms with Crippen LogP contribution in [0.25, 0.3) is 10.9 Å². The van der Waals surface area contributed by atoms with Crippen LogP contribution >= 0.6 is 0 Å². The summed E-state index contributed by atoms with van der Waals surface area (Å²) in [4.78, 5) is 25.8. The monoisotopic (exact) mass is 363 g/mol. The minimum absolute atomic E-state index is 0.0143. The van der Waals surface area contributed by atoms with Gasteiger partial charge in [0.1, 0.15) is 5.75 Å². The smallest absolute Gasteiger partial charge is 0.259 e. The van der Waals surface area contributed by atoms with E-state index < -0.39 is 0 Å². The first-order chi connectivity index (χ1) is 13.1. The largest absolute Gasteiger partial charge is 0.497 e. The molecule has 2 aromatic carbocycles. The minimum Gasteiger partial charge on any atom is -0.497 e. The van der Waals surface area contributed by atoms with E-state index in [1.807, 2.05) is 42.6 Å². The summed E-state index contributed by atoms with van der Waals surface area (Å²) in [6.07, 6.45) is 2.00. The summed E-state index contributed by atoms with van der Waals surface area (Å²) in [5.74, 6) is 0.633. The fraction of sp³-hybridized carbons (Fsp3) is 0.238. The molecule has 0 spiro atoms. The minimum atomic E-state index is -0.0389. The van der Waals surface area contributed by atoms with Crippen LogP contribution < -0.4 is 15.0 Å². The molecule has 1 aromatic heterocycles. The molecule has 27 heavy (non-hydrogen) atoms. The number of carbonyl (C=O) groups excluding carboxylic acids is 2. The SMILES string of the molecule is COc1ccc2c(c1)C(=O)N(c1ccc3ccn(CCNC(C)=O)c3c1)C2. The number of benzene rings is 2. The molecule has 3 aromatic rings. The van der Waals surface area contributed by atoms with Gasteiger partial charge in [0, 0.05) is 37.5 Å². The zero-order valence-corrected chi connectivity index (χ0v) is 15.4. The van der Waals surface area contributed by atoms with Crippen molar-refractivity contribution in [2.75, 3.05) is 18.6 Å². The normalized spacial score (nSPS) is 13.1. The van der Waals surface area contributed by atoms with E-state index in [2.05, 4.69) is 9.88 Å². The summed E-state index contributed by atoms with van der Waals surface area (Å²) in [6.45, 7) is 3.31. The summed E-state index contributed by atoms with van der Waals surface area (Å²) in [5.41, 5.74) is 3.60. The van der Waals surface area contributed by atoms with Gasteiger partial charge in [-0.1, -0.05) is 12.1 Å². The molecule has 0 saturated heterocycles. The highest BCUT2D eigenvalue weighted by Crippen LogP contribution is 2.32. The van der Waals surface area contributed by atoms with E-state index in [1.54, 1.807) is 18.1 Å². The van der Waals surface area contributed by atoms with Crippen LogP contribution in [0.3, 0.4) is 0 Å². The first kappa shape index (κ1) is 17.1. The molecule has 0 saturated carbocycles. The first-order valence-electron chi connectivity index (χ1n) is 8.89. The Morgan fingerprint density at radius 1 is 1.19 bits per heavy atom. The van der Waals surface area contributed by atoms with Crippen molar-refractivity contribution in [1.29, 1.82) is 0 Å². The van der Waals surface area contributed by atoms with Crippen molar-refractivity contribution in [3.63, 3.8) is 0 Å². The lowest BCUT2D eigenvalue weighted by Gasteiger charge is -2.16. The standard InChI is InChI=1S/C21H21N3O3/c1-14(25)22-8-10-23-9-7-15-3-5-17(11-20(15)23)24-13-16-4-6-18(27-2)12-19(16)21(24)26/h3-7,9,11-12H,8,10,13H2,1-2H3,(H,22,25). The van der Waals surface area contributed by atoms with Gasteiger partial charge in [-0.2, -0.15) is 0 Å². The lowest BCUT2D eigenvalue weighted by Crippen LogP contribution is -2.24. The van der Waals surface area contributed by atoms with Crippen LogP contribution in [-0.2, 0) is 17.9 Å². The van der Waals surface area contributed by atoms with Crippen molar-refractivity contribution in [1.82, 2.24) is 9.88 Å². The molecule has 0 bridgehead atoms. The van der Waals surface area contributed by atoms with Crippen LogP contribution in [0.15, 0.2) is 48.7 Å². The Hall–Kier alpha value is -3.28. The van der Waals surface area contributed by atoms with E-state index in [0.717, 1.165) is 22.2 Å². The second kappa shape index (κ2) is 6.79. The van der Waals surface area contributed by atoms with E-state index in [0.29, 0.717) is 30.9 Å². The highest BCUT2D eigenvalue weighted by Gasteiger charge is 2.29. The molecule has 1 aliphatic rings. The van der Waals surface area contributed by atoms with Gasteiger partial charge in [-0.3, -0.25) is 9.59 Å². The number of fused-ring (bicyclic) bond motifs is 2. The molecular formula is C21H21N3O3. The lowest BCUT2D eigenvalue weighted by molar-refractivity contribution is -0.118. The van der Waals surface area contributed by atoms with Crippen molar-refractivity contribution < 1.29 is 14.3 Å². The summed E-state index contributed by atoms with van der Waals surface area (Å²) in [7, 11) is 1.60. The number of methoxy groups -OCH3 is 1. The topological polar surface area (TPSA) is 63.6 Å². The highest BCUT2D eigenvalue weighted by molar-refractivity contribution is 6.10. The number of amides is 2. The van der Waals surface area contributed by atoms with Gasteiger partial charge in [0.15, 0.2) is 0 Å². The molecule has 0 radical (unpaired) electrons. The fourth-order valence-electron chi connectivity index (χ4n) is 3.50. The lowest BCUT2D eigenvalue weighted by atomic mass is 10.1. The molecule has 2 heterocycles. The molecule has 0 fully saturated rings. The van der Waals surface area contributed by atoms with E-state index in [1.165, 1.54) is 6.92 Å². The summed E-state index contributed by atoms with van der Waals surface area (Å²) in [6, 6.07) is 13.7. The molecule has 6 nitrogen and oxygen atoms in total. The number of ether oxygens (including phenoxy) is 1. The van der Waals surface area contributed by atoms with Crippen LogP contribution in [-0.4, -0.2) is 30.0 Å². The molecule has 1 N–H and O–H groups in total. The second-order valence-electron chi connectivity index (χ2n) is 6.65. The summed E-state index contributed by atoms with van der Waals surface area (Å²) in [5, 5.41) is 3.92. The fourth-order valence-corrected chi connectivity index (χ4v) is 3.50. The van der Waals surface area contributed by atoms with Gasteiger partial charge in [0.25, 0.3) is 5.91 Å². The molecule has 1 aliphatic heterocycles. The molecular weight excluding hydrogens is 342 g/mol. The molecule has 6 heteroatoms. The number of nitrogens with one attached hydrogen (secondary N) is 1. The van der Waals surface area contributed by atoms with Gasteiger partial charge in [0.05, 0.1) is 19.2 Å². The quantitative estimate of drug-likeness (QED) is 0.758. The van der Waals surface area contributed by atoms with E-state index >= 15 is 0 Å². The van der Waals surface area contributed by atoms with Crippen molar-refractivity contribution in [2.45, 2.75) is 20.0 Å². The first-order valence-corrected chi connectivity index (χ1v) is 8.89. The molecule has 0 aliphatic carbocycles. The predicted molar refractivity (Wildman–Crippen MR) is 104 cm³/mol. The van der Waals surface area contributed by atoms with Crippen LogP contribution in [0, 0.1) is 0 Å². The molecule has 0 unspecified atom stereocenters. The molecule has 0 atom stereocenters. The van der Waals surface area contributed by atoms with E-state index in [4.69, 9.17) is 4.74 Å². The Labute approximate surface area is 157 Å². The van der Waals surface area contributed by atoms with E-state index in [-0.39, 0.29) is 11.8 Å². The third kappa shape index (κ3) is 3.14. The van der Waals surface area contributed by atoms with Crippen LogP contribution in [0.5, 0.6) is 5.75 Å². The summed E-state index contributed by atoms with van der Waals surface area (Å²) < 4.78 is 7.33. The van der Waals surface area contributed by atoms with Gasteiger partial charge in [-0.15, -0.1) is 0 Å². The van der Waals surface area contributed by atoms with Gasteiger partial charge in [-0.05, 0) is 41.3 Å². The molecule has 2 amide bonds. The van der Waals surface area contributed by atoms with Crippen LogP contribution in [0.1, 0.15) is 22.8 Å². The average molecular weight is 363 g/mol. The number of aromatic nitrogens is 1. The Morgan fingerprint density at radius 2 is 2.04 bits per heavy atom. The Morgan fingerprint density at radius 3 is 2.81 bits per heavy atom. The maximum absolute atomic E-state index is 12.9. The Balaban J connectivity index is 1.62. The number of anilines is 1. The maximum atomic E-state index is 12.9. The molecule has 138 valence electrons. The number of carbonyl (C=O) groups is 2. The maximum Gasteiger partial charge on any atom is 0.259 e. The van der Waals surface area contributed by atoms with Crippen LogP contribution in [0.2, 0.25) is 0 Å². The van der Waals surface area contributed by atoms with Gasteiger partial charge >= 0.3 is 0 Å². The third-order valence-electron chi connectivity index (χ3n) is 4.92.